The van der Waals surface area contributed by atoms with Gasteiger partial charge in [0.05, 0.1) is 18.2 Å². The van der Waals surface area contributed by atoms with Crippen molar-refractivity contribution < 1.29 is 23.8 Å². The fourth-order valence-corrected chi connectivity index (χ4v) is 3.17. The normalized spacial score (nSPS) is 13.7. The quantitative estimate of drug-likeness (QED) is 0.447. The zero-order valence-corrected chi connectivity index (χ0v) is 16.7. The van der Waals surface area contributed by atoms with Gasteiger partial charge < -0.3 is 14.2 Å². The van der Waals surface area contributed by atoms with Crippen LogP contribution in [-0.4, -0.2) is 18.9 Å². The lowest BCUT2D eigenvalue weighted by Crippen LogP contribution is -2.02. The number of hydrogen-bond acceptors (Lipinski definition) is 5. The number of methoxy groups -OCH3 is 1. The van der Waals surface area contributed by atoms with E-state index in [0.29, 0.717) is 35.0 Å². The van der Waals surface area contributed by atoms with E-state index < -0.39 is 0 Å². The summed E-state index contributed by atoms with van der Waals surface area (Å²) in [5.41, 5.74) is 3.92. The Morgan fingerprint density at radius 3 is 2.53 bits per heavy atom. The van der Waals surface area contributed by atoms with Gasteiger partial charge in [-0.3, -0.25) is 4.79 Å². The van der Waals surface area contributed by atoms with Gasteiger partial charge in [-0.05, 0) is 54.0 Å². The fourth-order valence-electron chi connectivity index (χ4n) is 3.17. The lowest BCUT2D eigenvalue weighted by atomic mass is 10.1. The van der Waals surface area contributed by atoms with Crippen LogP contribution in [-0.2, 0) is 11.3 Å². The number of carbonyl (C=O) groups excluding carboxylic acids is 2. The second-order valence-corrected chi connectivity index (χ2v) is 6.93. The van der Waals surface area contributed by atoms with Crippen LogP contribution in [0.15, 0.2) is 72.5 Å². The molecule has 150 valence electrons. The molecule has 0 radical (unpaired) electrons. The van der Waals surface area contributed by atoms with Gasteiger partial charge in [-0.1, -0.05) is 36.4 Å². The predicted octanol–water partition coefficient (Wildman–Crippen LogP) is 4.98. The van der Waals surface area contributed by atoms with Crippen molar-refractivity contribution in [1.82, 2.24) is 0 Å². The Kier molecular flexibility index (Phi) is 5.35. The van der Waals surface area contributed by atoms with Crippen LogP contribution in [0.3, 0.4) is 0 Å². The maximum Gasteiger partial charge on any atom is 0.337 e. The number of rotatable bonds is 5. The van der Waals surface area contributed by atoms with Gasteiger partial charge in [-0.15, -0.1) is 0 Å². The minimum Gasteiger partial charge on any atom is -0.489 e. The van der Waals surface area contributed by atoms with Gasteiger partial charge in [0, 0.05) is 6.07 Å². The first-order valence-corrected chi connectivity index (χ1v) is 9.49. The van der Waals surface area contributed by atoms with Crippen molar-refractivity contribution in [1.29, 1.82) is 0 Å². The Bertz CT molecular complexity index is 1140. The molecule has 5 nitrogen and oxygen atoms in total. The maximum absolute atomic E-state index is 12.6. The summed E-state index contributed by atoms with van der Waals surface area (Å²) < 4.78 is 16.3. The number of carbonyl (C=O) groups is 2. The average Bonchev–Trinajstić information content (AvgIpc) is 3.08. The van der Waals surface area contributed by atoms with Crippen molar-refractivity contribution in [3.63, 3.8) is 0 Å². The second kappa shape index (κ2) is 8.25. The highest BCUT2D eigenvalue weighted by Crippen LogP contribution is 2.35. The van der Waals surface area contributed by atoms with E-state index in [1.807, 2.05) is 43.3 Å². The van der Waals surface area contributed by atoms with Crippen molar-refractivity contribution in [2.24, 2.45) is 0 Å². The summed E-state index contributed by atoms with van der Waals surface area (Å²) in [7, 11) is 1.35. The Balaban J connectivity index is 1.46. The largest absolute Gasteiger partial charge is 0.489 e. The lowest BCUT2D eigenvalue weighted by Gasteiger charge is -2.08. The second-order valence-electron chi connectivity index (χ2n) is 6.93. The summed E-state index contributed by atoms with van der Waals surface area (Å²) in [5, 5.41) is 0. The van der Waals surface area contributed by atoms with Gasteiger partial charge in [0.1, 0.15) is 18.1 Å². The highest BCUT2D eigenvalue weighted by molar-refractivity contribution is 6.14. The number of ketones is 1. The van der Waals surface area contributed by atoms with E-state index in [-0.39, 0.29) is 11.8 Å². The Hall–Kier alpha value is -3.86. The molecule has 0 spiro atoms. The number of Topliss-reactive ketones (excluding diaryl/α,β-unsaturated/α-hetero) is 1. The predicted molar refractivity (Wildman–Crippen MR) is 113 cm³/mol. The van der Waals surface area contributed by atoms with Crippen molar-refractivity contribution in [3.05, 3.63) is 100 Å². The summed E-state index contributed by atoms with van der Waals surface area (Å²) in [6, 6.07) is 20.0. The molecule has 1 aliphatic rings. The smallest absolute Gasteiger partial charge is 0.337 e. The third-order valence-corrected chi connectivity index (χ3v) is 4.90. The van der Waals surface area contributed by atoms with Crippen LogP contribution < -0.4 is 9.47 Å². The molecule has 0 unspecified atom stereocenters. The number of aryl methyl sites for hydroxylation is 1. The molecule has 0 aromatic heterocycles. The van der Waals surface area contributed by atoms with Gasteiger partial charge >= 0.3 is 5.97 Å². The SMILES string of the molecule is COC(=O)c1ccc(COc2ccc3c(c2)OC(=Cc2ccccc2C)C3=O)cc1. The molecule has 0 N–H and O–H groups in total. The molecule has 30 heavy (non-hydrogen) atoms. The van der Waals surface area contributed by atoms with E-state index in [9.17, 15) is 9.59 Å². The molecule has 4 rings (SSSR count). The van der Waals surface area contributed by atoms with Gasteiger partial charge in [-0.2, -0.15) is 0 Å². The molecule has 3 aromatic carbocycles. The number of allylic oxidation sites excluding steroid dienone is 1. The molecule has 1 heterocycles. The molecule has 0 aliphatic carbocycles. The average molecular weight is 400 g/mol. The standard InChI is InChI=1S/C25H20O5/c1-16-5-3-4-6-19(16)13-23-24(26)21-12-11-20(14-22(21)30-23)29-15-17-7-9-18(10-8-17)25(27)28-2/h3-14H,15H2,1-2H3. The number of fused-ring (bicyclic) bond motifs is 1. The van der Waals surface area contributed by atoms with Crippen molar-refractivity contribution >= 4 is 17.8 Å². The Labute approximate surface area is 174 Å². The molecule has 0 saturated carbocycles. The highest BCUT2D eigenvalue weighted by atomic mass is 16.5. The van der Waals surface area contributed by atoms with E-state index in [1.165, 1.54) is 7.11 Å². The highest BCUT2D eigenvalue weighted by Gasteiger charge is 2.27. The molecular weight excluding hydrogens is 380 g/mol. The number of esters is 1. The zero-order chi connectivity index (χ0) is 21.1. The lowest BCUT2D eigenvalue weighted by molar-refractivity contribution is 0.0600. The van der Waals surface area contributed by atoms with Gasteiger partial charge in [0.2, 0.25) is 5.78 Å². The first-order chi connectivity index (χ1) is 14.5. The number of ether oxygens (including phenoxy) is 3. The van der Waals surface area contributed by atoms with E-state index in [4.69, 9.17) is 14.2 Å². The molecule has 5 heteroatoms. The van der Waals surface area contributed by atoms with Gasteiger partial charge in [-0.25, -0.2) is 4.79 Å². The minimum absolute atomic E-state index is 0.141. The van der Waals surface area contributed by atoms with Crippen molar-refractivity contribution in [3.8, 4) is 11.5 Å². The Morgan fingerprint density at radius 2 is 1.80 bits per heavy atom. The van der Waals surface area contributed by atoms with E-state index in [2.05, 4.69) is 0 Å². The van der Waals surface area contributed by atoms with Crippen LogP contribution in [0.4, 0.5) is 0 Å². The third kappa shape index (κ3) is 3.96. The maximum atomic E-state index is 12.6. The van der Waals surface area contributed by atoms with E-state index in [0.717, 1.165) is 16.7 Å². The van der Waals surface area contributed by atoms with Crippen LogP contribution >= 0.6 is 0 Å². The van der Waals surface area contributed by atoms with E-state index >= 15 is 0 Å². The summed E-state index contributed by atoms with van der Waals surface area (Å²) in [4.78, 5) is 24.1. The summed E-state index contributed by atoms with van der Waals surface area (Å²) in [6.45, 7) is 2.31. The molecular formula is C25H20O5. The van der Waals surface area contributed by atoms with Crippen LogP contribution in [0.25, 0.3) is 6.08 Å². The molecule has 0 bridgehead atoms. The first-order valence-electron chi connectivity index (χ1n) is 9.49. The summed E-state index contributed by atoms with van der Waals surface area (Å²) in [6.07, 6.45) is 1.76. The van der Waals surface area contributed by atoms with Crippen molar-refractivity contribution in [2.45, 2.75) is 13.5 Å². The minimum atomic E-state index is -0.377. The molecule has 0 fully saturated rings. The fraction of sp³-hybridized carbons (Fsp3) is 0.120. The molecule has 3 aromatic rings. The molecule has 0 amide bonds. The van der Waals surface area contributed by atoms with Gasteiger partial charge in [0.15, 0.2) is 5.76 Å². The monoisotopic (exact) mass is 400 g/mol. The molecule has 0 saturated heterocycles. The number of benzene rings is 3. The van der Waals surface area contributed by atoms with Crippen LogP contribution in [0.1, 0.15) is 37.4 Å². The van der Waals surface area contributed by atoms with Gasteiger partial charge in [0.25, 0.3) is 0 Å². The van der Waals surface area contributed by atoms with Crippen LogP contribution in [0.5, 0.6) is 11.5 Å². The third-order valence-electron chi connectivity index (χ3n) is 4.90. The zero-order valence-electron chi connectivity index (χ0n) is 16.7. The molecule has 0 atom stereocenters. The van der Waals surface area contributed by atoms with E-state index in [1.54, 1.807) is 36.4 Å². The Morgan fingerprint density at radius 1 is 1.03 bits per heavy atom. The first kappa shape index (κ1) is 19.5. The summed E-state index contributed by atoms with van der Waals surface area (Å²) in [5.74, 6) is 0.861. The topological polar surface area (TPSA) is 61.8 Å². The number of hydrogen-bond donors (Lipinski definition) is 0. The van der Waals surface area contributed by atoms with Crippen LogP contribution in [0.2, 0.25) is 0 Å². The molecule has 1 aliphatic heterocycles. The van der Waals surface area contributed by atoms with Crippen molar-refractivity contribution in [2.75, 3.05) is 7.11 Å². The summed E-state index contributed by atoms with van der Waals surface area (Å²) >= 11 is 0. The van der Waals surface area contributed by atoms with Crippen LogP contribution in [0, 0.1) is 6.92 Å².